The van der Waals surface area contributed by atoms with Crippen LogP contribution in [0, 0.1) is 19.8 Å². The number of nitrogens with one attached hydrogen (secondary N) is 1. The summed E-state index contributed by atoms with van der Waals surface area (Å²) in [5.41, 5.74) is 2.20. The number of fused-ring (bicyclic) bond motifs is 1. The van der Waals surface area contributed by atoms with Gasteiger partial charge < -0.3 is 5.32 Å². The van der Waals surface area contributed by atoms with Gasteiger partial charge in [0.15, 0.2) is 0 Å². The van der Waals surface area contributed by atoms with Crippen molar-refractivity contribution < 1.29 is 4.79 Å². The van der Waals surface area contributed by atoms with Gasteiger partial charge in [0.1, 0.15) is 11.3 Å². The van der Waals surface area contributed by atoms with Gasteiger partial charge in [0.05, 0.1) is 5.69 Å². The van der Waals surface area contributed by atoms with Crippen molar-refractivity contribution in [2.24, 2.45) is 5.92 Å². The summed E-state index contributed by atoms with van der Waals surface area (Å²) >= 11 is 0. The van der Waals surface area contributed by atoms with Gasteiger partial charge in [-0.05, 0) is 38.3 Å². The largest absolute Gasteiger partial charge is 0.320 e. The van der Waals surface area contributed by atoms with E-state index in [2.05, 4.69) is 10.3 Å². The fourth-order valence-corrected chi connectivity index (χ4v) is 2.12. The first kappa shape index (κ1) is 11.9. The highest BCUT2D eigenvalue weighted by atomic mass is 16.2. The fraction of sp³-hybridized carbons (Fsp3) is 0.357. The zero-order valence-electron chi connectivity index (χ0n) is 10.9. The van der Waals surface area contributed by atoms with Crippen LogP contribution in [-0.2, 0) is 4.79 Å². The molecule has 1 saturated carbocycles. The van der Waals surface area contributed by atoms with E-state index < -0.39 is 0 Å². The molecule has 0 saturated heterocycles. The van der Waals surface area contributed by atoms with Crippen molar-refractivity contribution in [2.75, 3.05) is 5.32 Å². The average Bonchev–Trinajstić information content (AvgIpc) is 3.20. The Labute approximate surface area is 110 Å². The Hall–Kier alpha value is -2.17. The van der Waals surface area contributed by atoms with Crippen molar-refractivity contribution in [3.05, 3.63) is 39.9 Å². The molecule has 1 N–H and O–H groups in total. The van der Waals surface area contributed by atoms with E-state index in [1.165, 1.54) is 4.40 Å². The zero-order valence-corrected chi connectivity index (χ0v) is 10.9. The van der Waals surface area contributed by atoms with Gasteiger partial charge in [0.2, 0.25) is 5.91 Å². The predicted molar refractivity (Wildman–Crippen MR) is 72.3 cm³/mol. The first-order valence-electron chi connectivity index (χ1n) is 6.37. The van der Waals surface area contributed by atoms with E-state index in [0.29, 0.717) is 17.0 Å². The SMILES string of the molecule is Cc1nc2c(C)cccn2c(=O)c1NC(=O)C1CC1. The molecule has 19 heavy (non-hydrogen) atoms. The van der Waals surface area contributed by atoms with Gasteiger partial charge in [-0.3, -0.25) is 14.0 Å². The van der Waals surface area contributed by atoms with Crippen molar-refractivity contribution in [3.8, 4) is 0 Å². The fourth-order valence-electron chi connectivity index (χ4n) is 2.12. The smallest absolute Gasteiger partial charge is 0.281 e. The van der Waals surface area contributed by atoms with Crippen molar-refractivity contribution in [3.63, 3.8) is 0 Å². The number of anilines is 1. The Morgan fingerprint density at radius 3 is 2.84 bits per heavy atom. The second kappa shape index (κ2) is 4.19. The molecule has 1 fully saturated rings. The van der Waals surface area contributed by atoms with E-state index in [9.17, 15) is 9.59 Å². The standard InChI is InChI=1S/C14H15N3O2/c1-8-4-3-7-17-12(8)15-9(2)11(14(17)19)16-13(18)10-5-6-10/h3-4,7,10H,5-6H2,1-2H3,(H,16,18). The first-order chi connectivity index (χ1) is 9.08. The maximum absolute atomic E-state index is 12.4. The van der Waals surface area contributed by atoms with Gasteiger partial charge >= 0.3 is 0 Å². The number of aromatic nitrogens is 2. The molecule has 0 bridgehead atoms. The predicted octanol–water partition coefficient (Wildman–Crippen LogP) is 1.66. The van der Waals surface area contributed by atoms with Crippen molar-refractivity contribution in [1.82, 2.24) is 9.38 Å². The second-order valence-electron chi connectivity index (χ2n) is 5.03. The summed E-state index contributed by atoms with van der Waals surface area (Å²) in [4.78, 5) is 28.6. The van der Waals surface area contributed by atoms with Gasteiger partial charge in [-0.2, -0.15) is 0 Å². The Kier molecular flexibility index (Phi) is 2.62. The summed E-state index contributed by atoms with van der Waals surface area (Å²) in [6.07, 6.45) is 3.49. The summed E-state index contributed by atoms with van der Waals surface area (Å²) in [7, 11) is 0. The van der Waals surface area contributed by atoms with Crippen LogP contribution < -0.4 is 10.9 Å². The number of amides is 1. The van der Waals surface area contributed by atoms with Gasteiger partial charge in [-0.25, -0.2) is 4.98 Å². The summed E-state index contributed by atoms with van der Waals surface area (Å²) < 4.78 is 1.48. The molecule has 2 aromatic rings. The van der Waals surface area contributed by atoms with Gasteiger partial charge in [-0.1, -0.05) is 6.07 Å². The Bertz CT molecular complexity index is 729. The number of hydrogen-bond donors (Lipinski definition) is 1. The van der Waals surface area contributed by atoms with Crippen LogP contribution in [0.25, 0.3) is 5.65 Å². The minimum Gasteiger partial charge on any atom is -0.320 e. The molecule has 2 heterocycles. The lowest BCUT2D eigenvalue weighted by Gasteiger charge is -2.10. The van der Waals surface area contributed by atoms with E-state index >= 15 is 0 Å². The highest BCUT2D eigenvalue weighted by Crippen LogP contribution is 2.30. The molecule has 3 rings (SSSR count). The van der Waals surface area contributed by atoms with E-state index in [1.807, 2.05) is 13.0 Å². The van der Waals surface area contributed by atoms with Gasteiger partial charge in [0.25, 0.3) is 5.56 Å². The molecule has 0 spiro atoms. The first-order valence-corrected chi connectivity index (χ1v) is 6.37. The number of carbonyl (C=O) groups excluding carboxylic acids is 1. The maximum atomic E-state index is 12.4. The van der Waals surface area contributed by atoms with Crippen LogP contribution in [0.2, 0.25) is 0 Å². The van der Waals surface area contributed by atoms with Crippen molar-refractivity contribution >= 4 is 17.2 Å². The highest BCUT2D eigenvalue weighted by molar-refractivity contribution is 5.94. The molecule has 0 unspecified atom stereocenters. The number of carbonyl (C=O) groups is 1. The lowest BCUT2D eigenvalue weighted by molar-refractivity contribution is -0.117. The zero-order chi connectivity index (χ0) is 13.6. The number of nitrogens with zero attached hydrogens (tertiary/aromatic N) is 2. The number of pyridine rings is 1. The van der Waals surface area contributed by atoms with Gasteiger partial charge in [-0.15, -0.1) is 0 Å². The van der Waals surface area contributed by atoms with E-state index in [-0.39, 0.29) is 17.4 Å². The quantitative estimate of drug-likeness (QED) is 0.890. The van der Waals surface area contributed by atoms with Crippen LogP contribution in [0.3, 0.4) is 0 Å². The van der Waals surface area contributed by atoms with Crippen LogP contribution >= 0.6 is 0 Å². The third kappa shape index (κ3) is 2.01. The topological polar surface area (TPSA) is 63.5 Å². The molecule has 1 aliphatic rings. The normalized spacial score (nSPS) is 14.6. The summed E-state index contributed by atoms with van der Waals surface area (Å²) in [5.74, 6) is -0.00777. The molecule has 0 radical (unpaired) electrons. The van der Waals surface area contributed by atoms with Crippen molar-refractivity contribution in [1.29, 1.82) is 0 Å². The lowest BCUT2D eigenvalue weighted by Crippen LogP contribution is -2.25. The third-order valence-corrected chi connectivity index (χ3v) is 3.43. The van der Waals surface area contributed by atoms with E-state index in [1.54, 1.807) is 19.2 Å². The Morgan fingerprint density at radius 2 is 2.16 bits per heavy atom. The molecule has 2 aromatic heterocycles. The molecular formula is C14H15N3O2. The maximum Gasteiger partial charge on any atom is 0.281 e. The molecule has 5 nitrogen and oxygen atoms in total. The molecule has 0 aliphatic heterocycles. The van der Waals surface area contributed by atoms with Crippen molar-refractivity contribution in [2.45, 2.75) is 26.7 Å². The summed E-state index contributed by atoms with van der Waals surface area (Å²) in [6, 6.07) is 3.71. The number of rotatable bonds is 2. The summed E-state index contributed by atoms with van der Waals surface area (Å²) in [5, 5.41) is 2.72. The highest BCUT2D eigenvalue weighted by Gasteiger charge is 2.30. The molecule has 1 aliphatic carbocycles. The van der Waals surface area contributed by atoms with Crippen LogP contribution in [0.15, 0.2) is 23.1 Å². The van der Waals surface area contributed by atoms with Crippen LogP contribution in [-0.4, -0.2) is 15.3 Å². The van der Waals surface area contributed by atoms with Crippen LogP contribution in [0.5, 0.6) is 0 Å². The summed E-state index contributed by atoms with van der Waals surface area (Å²) in [6.45, 7) is 3.65. The number of hydrogen-bond acceptors (Lipinski definition) is 3. The third-order valence-electron chi connectivity index (χ3n) is 3.43. The molecular weight excluding hydrogens is 242 g/mol. The minimum absolute atomic E-state index is 0.0667. The van der Waals surface area contributed by atoms with Crippen LogP contribution in [0.4, 0.5) is 5.69 Å². The molecule has 5 heteroatoms. The molecule has 0 aromatic carbocycles. The Morgan fingerprint density at radius 1 is 1.42 bits per heavy atom. The van der Waals surface area contributed by atoms with Crippen LogP contribution in [0.1, 0.15) is 24.1 Å². The molecule has 1 amide bonds. The Balaban J connectivity index is 2.14. The van der Waals surface area contributed by atoms with E-state index in [4.69, 9.17) is 0 Å². The second-order valence-corrected chi connectivity index (χ2v) is 5.03. The van der Waals surface area contributed by atoms with E-state index in [0.717, 1.165) is 18.4 Å². The van der Waals surface area contributed by atoms with Gasteiger partial charge in [0, 0.05) is 12.1 Å². The number of aryl methyl sites for hydroxylation is 2. The minimum atomic E-state index is -0.222. The molecule has 0 atom stereocenters. The monoisotopic (exact) mass is 257 g/mol. The molecule has 98 valence electrons. The lowest BCUT2D eigenvalue weighted by atomic mass is 10.2. The average molecular weight is 257 g/mol.